The lowest BCUT2D eigenvalue weighted by Crippen LogP contribution is -2.30. The molecule has 1 aromatic heterocycles. The van der Waals surface area contributed by atoms with Gasteiger partial charge >= 0.3 is 5.97 Å². The van der Waals surface area contributed by atoms with Crippen molar-refractivity contribution in [3.8, 4) is 0 Å². The van der Waals surface area contributed by atoms with Gasteiger partial charge in [-0.05, 0) is 36.8 Å². The van der Waals surface area contributed by atoms with Crippen LogP contribution < -0.4 is 5.73 Å². The summed E-state index contributed by atoms with van der Waals surface area (Å²) in [6.07, 6.45) is 8.96. The summed E-state index contributed by atoms with van der Waals surface area (Å²) in [6, 6.07) is 5.36. The van der Waals surface area contributed by atoms with E-state index in [1.165, 1.54) is 25.7 Å². The van der Waals surface area contributed by atoms with Crippen molar-refractivity contribution in [3.05, 3.63) is 30.1 Å². The second kappa shape index (κ2) is 8.96. The second-order valence-corrected chi connectivity index (χ2v) is 6.87. The second-order valence-electron chi connectivity index (χ2n) is 6.40. The first-order valence-electron chi connectivity index (χ1n) is 8.48. The van der Waals surface area contributed by atoms with Crippen molar-refractivity contribution >= 4 is 23.2 Å². The van der Waals surface area contributed by atoms with Gasteiger partial charge in [-0.15, -0.1) is 0 Å². The Kier molecular flexibility index (Phi) is 6.96. The van der Waals surface area contributed by atoms with Gasteiger partial charge in [-0.1, -0.05) is 50.9 Å². The summed E-state index contributed by atoms with van der Waals surface area (Å²) in [7, 11) is 0. The summed E-state index contributed by atoms with van der Waals surface area (Å²) in [5.74, 6) is 0.183. The number of thiocarbonyl (C=S) groups is 1. The van der Waals surface area contributed by atoms with Gasteiger partial charge in [0.1, 0.15) is 5.92 Å². The lowest BCUT2D eigenvalue weighted by molar-refractivity contribution is -0.145. The number of hydrogen-bond donors (Lipinski definition) is 1. The van der Waals surface area contributed by atoms with E-state index in [1.807, 2.05) is 6.07 Å². The molecule has 4 nitrogen and oxygen atoms in total. The summed E-state index contributed by atoms with van der Waals surface area (Å²) in [5.41, 5.74) is 6.27. The molecular formula is C18H26N2O2S. The van der Waals surface area contributed by atoms with Gasteiger partial charge in [-0.3, -0.25) is 9.78 Å². The molecule has 0 aliphatic heterocycles. The molecule has 1 atom stereocenters. The topological polar surface area (TPSA) is 65.2 Å². The molecule has 1 fully saturated rings. The molecule has 1 aliphatic carbocycles. The first kappa shape index (κ1) is 17.9. The van der Waals surface area contributed by atoms with Gasteiger partial charge in [0.25, 0.3) is 0 Å². The third-order valence-corrected chi connectivity index (χ3v) is 4.86. The van der Waals surface area contributed by atoms with Crippen molar-refractivity contribution in [3.63, 3.8) is 0 Å². The fraction of sp³-hybridized carbons (Fsp3) is 0.611. The molecule has 0 spiro atoms. The zero-order chi connectivity index (χ0) is 16.7. The molecule has 0 bridgehead atoms. The molecule has 1 aliphatic rings. The number of carbonyl (C=O) groups excluding carboxylic acids is 1. The van der Waals surface area contributed by atoms with Gasteiger partial charge in [-0.25, -0.2) is 0 Å². The van der Waals surface area contributed by atoms with Crippen LogP contribution in [0.25, 0.3) is 0 Å². The average Bonchev–Trinajstić information content (AvgIpc) is 2.55. The first-order valence-corrected chi connectivity index (χ1v) is 8.89. The van der Waals surface area contributed by atoms with Crippen LogP contribution in [0.2, 0.25) is 0 Å². The Bertz CT molecular complexity index is 513. The summed E-state index contributed by atoms with van der Waals surface area (Å²) < 4.78 is 5.51. The number of aromatic nitrogens is 1. The molecule has 126 valence electrons. The smallest absolute Gasteiger partial charge is 0.322 e. The van der Waals surface area contributed by atoms with Crippen molar-refractivity contribution in [2.24, 2.45) is 17.6 Å². The summed E-state index contributed by atoms with van der Waals surface area (Å²) in [4.78, 5) is 16.7. The summed E-state index contributed by atoms with van der Waals surface area (Å²) in [5, 5.41) is 0. The maximum atomic E-state index is 12.4. The van der Waals surface area contributed by atoms with Crippen LogP contribution in [0.3, 0.4) is 0 Å². The van der Waals surface area contributed by atoms with E-state index in [0.29, 0.717) is 18.2 Å². The molecule has 0 aromatic carbocycles. The van der Waals surface area contributed by atoms with E-state index in [2.05, 4.69) is 11.9 Å². The lowest BCUT2D eigenvalue weighted by atomic mass is 9.80. The SMILES string of the molecule is CCC[C@H]1CC[C@H](COC(=O)C(C(N)=S)c2ccccn2)CC1. The average molecular weight is 334 g/mol. The van der Waals surface area contributed by atoms with E-state index >= 15 is 0 Å². The monoisotopic (exact) mass is 334 g/mol. The highest BCUT2D eigenvalue weighted by atomic mass is 32.1. The molecule has 23 heavy (non-hydrogen) atoms. The Balaban J connectivity index is 1.85. The molecule has 1 heterocycles. The van der Waals surface area contributed by atoms with Gasteiger partial charge in [0, 0.05) is 6.20 Å². The third-order valence-electron chi connectivity index (χ3n) is 4.63. The van der Waals surface area contributed by atoms with Crippen LogP contribution in [0.1, 0.15) is 57.1 Å². The molecule has 2 N–H and O–H groups in total. The minimum absolute atomic E-state index is 0.111. The van der Waals surface area contributed by atoms with Crippen LogP contribution in [0.4, 0.5) is 0 Å². The highest BCUT2D eigenvalue weighted by Crippen LogP contribution is 2.31. The van der Waals surface area contributed by atoms with Crippen molar-refractivity contribution in [1.29, 1.82) is 0 Å². The van der Waals surface area contributed by atoms with Crippen molar-refractivity contribution in [2.75, 3.05) is 6.61 Å². The quantitative estimate of drug-likeness (QED) is 0.609. The number of esters is 1. The standard InChI is InChI=1S/C18H26N2O2S/c1-2-5-13-7-9-14(10-8-13)12-22-18(21)16(17(19)23)15-6-3-4-11-20-15/h3-4,6,11,13-14,16H,2,5,7-10,12H2,1H3,(H2,19,23)/t13-,14-,16?. The van der Waals surface area contributed by atoms with Gasteiger partial charge < -0.3 is 10.5 Å². The maximum absolute atomic E-state index is 12.4. The van der Waals surface area contributed by atoms with Gasteiger partial charge in [0.15, 0.2) is 0 Å². The molecule has 0 radical (unpaired) electrons. The molecule has 0 amide bonds. The predicted octanol–water partition coefficient (Wildman–Crippen LogP) is 3.60. The van der Waals surface area contributed by atoms with E-state index in [4.69, 9.17) is 22.7 Å². The molecule has 5 heteroatoms. The number of rotatable bonds is 7. The van der Waals surface area contributed by atoms with E-state index in [9.17, 15) is 4.79 Å². The fourth-order valence-electron chi connectivity index (χ4n) is 3.31. The highest BCUT2D eigenvalue weighted by molar-refractivity contribution is 7.80. The Morgan fingerprint density at radius 2 is 2.04 bits per heavy atom. The minimum atomic E-state index is -0.748. The zero-order valence-electron chi connectivity index (χ0n) is 13.7. The normalized spacial score (nSPS) is 22.3. The van der Waals surface area contributed by atoms with Crippen molar-refractivity contribution in [1.82, 2.24) is 4.98 Å². The lowest BCUT2D eigenvalue weighted by Gasteiger charge is -2.28. The van der Waals surface area contributed by atoms with E-state index < -0.39 is 5.92 Å². The molecule has 1 unspecified atom stereocenters. The van der Waals surface area contributed by atoms with E-state index in [0.717, 1.165) is 18.8 Å². The Morgan fingerprint density at radius 1 is 1.35 bits per heavy atom. The molecule has 1 aromatic rings. The molecule has 0 saturated heterocycles. The summed E-state index contributed by atoms with van der Waals surface area (Å²) in [6.45, 7) is 2.70. The Labute approximate surface area is 143 Å². The number of carbonyl (C=O) groups is 1. The number of pyridine rings is 1. The fourth-order valence-corrected chi connectivity index (χ4v) is 3.52. The Hall–Kier alpha value is -1.49. The van der Waals surface area contributed by atoms with E-state index in [-0.39, 0.29) is 11.0 Å². The largest absolute Gasteiger partial charge is 0.465 e. The third kappa shape index (κ3) is 5.27. The molecular weight excluding hydrogens is 308 g/mol. The van der Waals surface area contributed by atoms with Crippen LogP contribution in [0, 0.1) is 11.8 Å². The van der Waals surface area contributed by atoms with Crippen LogP contribution >= 0.6 is 12.2 Å². The van der Waals surface area contributed by atoms with Crippen molar-refractivity contribution < 1.29 is 9.53 Å². The van der Waals surface area contributed by atoms with Crippen LogP contribution in [0.15, 0.2) is 24.4 Å². The zero-order valence-corrected chi connectivity index (χ0v) is 14.6. The maximum Gasteiger partial charge on any atom is 0.322 e. The number of hydrogen-bond acceptors (Lipinski definition) is 4. The predicted molar refractivity (Wildman–Crippen MR) is 95.1 cm³/mol. The number of nitrogens with zero attached hydrogens (tertiary/aromatic N) is 1. The highest BCUT2D eigenvalue weighted by Gasteiger charge is 2.28. The van der Waals surface area contributed by atoms with Crippen LogP contribution in [0.5, 0.6) is 0 Å². The van der Waals surface area contributed by atoms with E-state index in [1.54, 1.807) is 18.3 Å². The minimum Gasteiger partial charge on any atom is -0.465 e. The van der Waals surface area contributed by atoms with Crippen LogP contribution in [-0.2, 0) is 9.53 Å². The van der Waals surface area contributed by atoms with Crippen LogP contribution in [-0.4, -0.2) is 22.5 Å². The van der Waals surface area contributed by atoms with Crippen molar-refractivity contribution in [2.45, 2.75) is 51.4 Å². The molecule has 2 rings (SSSR count). The Morgan fingerprint density at radius 3 is 2.61 bits per heavy atom. The first-order chi connectivity index (χ1) is 11.1. The van der Waals surface area contributed by atoms with Gasteiger partial charge in [0.05, 0.1) is 17.3 Å². The van der Waals surface area contributed by atoms with Gasteiger partial charge in [0.2, 0.25) is 0 Å². The summed E-state index contributed by atoms with van der Waals surface area (Å²) >= 11 is 5.03. The number of ether oxygens (including phenoxy) is 1. The molecule has 1 saturated carbocycles. The van der Waals surface area contributed by atoms with Gasteiger partial charge in [-0.2, -0.15) is 0 Å². The number of nitrogens with two attached hydrogens (primary N) is 1.